The average Bonchev–Trinajstić information content (AvgIpc) is 3.09. The number of piperidine rings is 1. The van der Waals surface area contributed by atoms with Crippen LogP contribution in [0.1, 0.15) is 45.7 Å². The van der Waals surface area contributed by atoms with E-state index in [4.69, 9.17) is 0 Å². The summed E-state index contributed by atoms with van der Waals surface area (Å²) in [6.45, 7) is 4.70. The number of hydrogen-bond donors (Lipinski definition) is 2. The lowest BCUT2D eigenvalue weighted by molar-refractivity contribution is 0.0950. The first-order chi connectivity index (χ1) is 11.7. The second-order valence-corrected chi connectivity index (χ2v) is 7.37. The maximum absolute atomic E-state index is 12.4. The van der Waals surface area contributed by atoms with Gasteiger partial charge in [-0.1, -0.05) is 30.4 Å². The first-order valence-electron chi connectivity index (χ1n) is 8.63. The number of nitrogens with one attached hydrogen (secondary N) is 2. The van der Waals surface area contributed by atoms with Crippen LogP contribution in [-0.2, 0) is 19.4 Å². The summed E-state index contributed by atoms with van der Waals surface area (Å²) in [6.07, 6.45) is 4.36. The van der Waals surface area contributed by atoms with E-state index in [9.17, 15) is 4.79 Å². The van der Waals surface area contributed by atoms with E-state index in [1.165, 1.54) is 18.4 Å². The Bertz CT molecular complexity index is 679. The SMILES string of the molecule is CCc1nnc(CNC(=O)c2cccc(CC3CCNCC3)c2)s1. The number of nitrogens with zero attached hydrogens (tertiary/aromatic N) is 2. The zero-order valence-corrected chi connectivity index (χ0v) is 14.9. The van der Waals surface area contributed by atoms with Crippen molar-refractivity contribution in [3.05, 3.63) is 45.4 Å². The van der Waals surface area contributed by atoms with Gasteiger partial charge in [-0.05, 0) is 62.4 Å². The van der Waals surface area contributed by atoms with Gasteiger partial charge in [0.25, 0.3) is 5.91 Å². The summed E-state index contributed by atoms with van der Waals surface area (Å²) in [7, 11) is 0. The fraction of sp³-hybridized carbons (Fsp3) is 0.500. The topological polar surface area (TPSA) is 66.9 Å². The van der Waals surface area contributed by atoms with Crippen LogP contribution in [0.15, 0.2) is 24.3 Å². The van der Waals surface area contributed by atoms with E-state index in [2.05, 4.69) is 33.8 Å². The number of carbonyl (C=O) groups is 1. The molecule has 0 unspecified atom stereocenters. The maximum atomic E-state index is 12.4. The van der Waals surface area contributed by atoms with Crippen molar-refractivity contribution in [1.82, 2.24) is 20.8 Å². The molecule has 1 amide bonds. The van der Waals surface area contributed by atoms with E-state index < -0.39 is 0 Å². The molecule has 1 aliphatic rings. The van der Waals surface area contributed by atoms with Gasteiger partial charge in [0.05, 0.1) is 6.54 Å². The van der Waals surface area contributed by atoms with E-state index in [-0.39, 0.29) is 5.91 Å². The first kappa shape index (κ1) is 17.0. The lowest BCUT2D eigenvalue weighted by Crippen LogP contribution is -2.28. The Balaban J connectivity index is 1.57. The van der Waals surface area contributed by atoms with Crippen LogP contribution >= 0.6 is 11.3 Å². The molecular formula is C18H24N4OS. The lowest BCUT2D eigenvalue weighted by atomic mass is 9.90. The van der Waals surface area contributed by atoms with Crippen molar-refractivity contribution in [2.24, 2.45) is 5.92 Å². The van der Waals surface area contributed by atoms with E-state index in [1.807, 2.05) is 18.2 Å². The van der Waals surface area contributed by atoms with Gasteiger partial charge in [0, 0.05) is 5.56 Å². The van der Waals surface area contributed by atoms with Crippen molar-refractivity contribution in [1.29, 1.82) is 0 Å². The van der Waals surface area contributed by atoms with Gasteiger partial charge in [-0.3, -0.25) is 4.79 Å². The smallest absolute Gasteiger partial charge is 0.251 e. The molecule has 0 bridgehead atoms. The van der Waals surface area contributed by atoms with Crippen LogP contribution in [0.2, 0.25) is 0 Å². The largest absolute Gasteiger partial charge is 0.345 e. The van der Waals surface area contributed by atoms with Gasteiger partial charge in [-0.15, -0.1) is 10.2 Å². The normalized spacial score (nSPS) is 15.4. The maximum Gasteiger partial charge on any atom is 0.251 e. The Morgan fingerprint density at radius 3 is 2.83 bits per heavy atom. The van der Waals surface area contributed by atoms with Gasteiger partial charge in [-0.2, -0.15) is 0 Å². The van der Waals surface area contributed by atoms with Crippen LogP contribution < -0.4 is 10.6 Å². The standard InChI is InChI=1S/C18H24N4OS/c1-2-16-21-22-17(24-16)12-20-18(23)15-5-3-4-14(11-15)10-13-6-8-19-9-7-13/h3-5,11,13,19H,2,6-10,12H2,1H3,(H,20,23). The highest BCUT2D eigenvalue weighted by molar-refractivity contribution is 7.11. The molecule has 0 atom stereocenters. The Hall–Kier alpha value is -1.79. The van der Waals surface area contributed by atoms with E-state index in [0.717, 1.165) is 47.4 Å². The minimum Gasteiger partial charge on any atom is -0.345 e. The number of rotatable bonds is 6. The van der Waals surface area contributed by atoms with Crippen LogP contribution in [0.25, 0.3) is 0 Å². The predicted octanol–water partition coefficient (Wildman–Crippen LogP) is 2.57. The molecule has 0 aliphatic carbocycles. The number of carbonyl (C=O) groups excluding carboxylic acids is 1. The van der Waals surface area contributed by atoms with Crippen LogP contribution in [-0.4, -0.2) is 29.2 Å². The van der Waals surface area contributed by atoms with Crippen molar-refractivity contribution in [2.45, 2.75) is 39.2 Å². The van der Waals surface area contributed by atoms with Crippen molar-refractivity contribution < 1.29 is 4.79 Å². The van der Waals surface area contributed by atoms with Gasteiger partial charge >= 0.3 is 0 Å². The summed E-state index contributed by atoms with van der Waals surface area (Å²) in [5.41, 5.74) is 1.97. The van der Waals surface area contributed by atoms with E-state index in [0.29, 0.717) is 6.54 Å². The quantitative estimate of drug-likeness (QED) is 0.845. The molecule has 2 heterocycles. The molecule has 1 fully saturated rings. The molecule has 24 heavy (non-hydrogen) atoms. The van der Waals surface area contributed by atoms with Gasteiger partial charge in [-0.25, -0.2) is 0 Å². The predicted molar refractivity (Wildman–Crippen MR) is 96.2 cm³/mol. The Kier molecular flexibility index (Phi) is 5.93. The van der Waals surface area contributed by atoms with Crippen LogP contribution in [0.4, 0.5) is 0 Å². The molecule has 3 rings (SSSR count). The highest BCUT2D eigenvalue weighted by Crippen LogP contribution is 2.19. The molecule has 1 saturated heterocycles. The molecular weight excluding hydrogens is 320 g/mol. The Morgan fingerprint density at radius 2 is 2.08 bits per heavy atom. The summed E-state index contributed by atoms with van der Waals surface area (Å²) in [5.74, 6) is 0.675. The third-order valence-electron chi connectivity index (χ3n) is 4.38. The highest BCUT2D eigenvalue weighted by Gasteiger charge is 2.14. The van der Waals surface area contributed by atoms with Crippen molar-refractivity contribution in [2.75, 3.05) is 13.1 Å². The molecule has 1 aliphatic heterocycles. The summed E-state index contributed by atoms with van der Waals surface area (Å²) in [5, 5.41) is 16.4. The fourth-order valence-electron chi connectivity index (χ4n) is 3.02. The lowest BCUT2D eigenvalue weighted by Gasteiger charge is -2.22. The molecule has 6 heteroatoms. The molecule has 0 radical (unpaired) electrons. The summed E-state index contributed by atoms with van der Waals surface area (Å²) in [4.78, 5) is 12.4. The number of benzene rings is 1. The Labute approximate surface area is 146 Å². The van der Waals surface area contributed by atoms with E-state index in [1.54, 1.807) is 11.3 Å². The second kappa shape index (κ2) is 8.35. The number of aryl methyl sites for hydroxylation is 1. The van der Waals surface area contributed by atoms with Crippen molar-refractivity contribution in [3.63, 3.8) is 0 Å². The van der Waals surface area contributed by atoms with Gasteiger partial charge < -0.3 is 10.6 Å². The van der Waals surface area contributed by atoms with Crippen LogP contribution in [0.3, 0.4) is 0 Å². The van der Waals surface area contributed by atoms with Crippen molar-refractivity contribution >= 4 is 17.2 Å². The second-order valence-electron chi connectivity index (χ2n) is 6.22. The van der Waals surface area contributed by atoms with Crippen LogP contribution in [0, 0.1) is 5.92 Å². The molecule has 5 nitrogen and oxygen atoms in total. The molecule has 0 spiro atoms. The van der Waals surface area contributed by atoms with Gasteiger partial charge in [0.2, 0.25) is 0 Å². The minimum absolute atomic E-state index is 0.0459. The number of hydrogen-bond acceptors (Lipinski definition) is 5. The van der Waals surface area contributed by atoms with E-state index >= 15 is 0 Å². The third-order valence-corrected chi connectivity index (χ3v) is 5.45. The summed E-state index contributed by atoms with van der Waals surface area (Å²) >= 11 is 1.55. The Morgan fingerprint density at radius 1 is 1.29 bits per heavy atom. The third kappa shape index (κ3) is 4.61. The minimum atomic E-state index is -0.0459. The zero-order valence-electron chi connectivity index (χ0n) is 14.0. The molecule has 128 valence electrons. The fourth-order valence-corrected chi connectivity index (χ4v) is 3.74. The van der Waals surface area contributed by atoms with Crippen LogP contribution in [0.5, 0.6) is 0 Å². The average molecular weight is 344 g/mol. The molecule has 2 aromatic rings. The van der Waals surface area contributed by atoms with Crippen molar-refractivity contribution in [3.8, 4) is 0 Å². The number of aromatic nitrogens is 2. The highest BCUT2D eigenvalue weighted by atomic mass is 32.1. The van der Waals surface area contributed by atoms with Gasteiger partial charge in [0.15, 0.2) is 0 Å². The zero-order chi connectivity index (χ0) is 16.8. The molecule has 2 N–H and O–H groups in total. The summed E-state index contributed by atoms with van der Waals surface area (Å²) in [6, 6.07) is 8.00. The molecule has 1 aromatic carbocycles. The number of amides is 1. The first-order valence-corrected chi connectivity index (χ1v) is 9.45. The summed E-state index contributed by atoms with van der Waals surface area (Å²) < 4.78 is 0. The monoisotopic (exact) mass is 344 g/mol. The van der Waals surface area contributed by atoms with Gasteiger partial charge in [0.1, 0.15) is 10.0 Å². The molecule has 1 aromatic heterocycles. The molecule has 0 saturated carbocycles.